The van der Waals surface area contributed by atoms with Gasteiger partial charge in [-0.1, -0.05) is 23.7 Å². The highest BCUT2D eigenvalue weighted by atomic mass is 35.5. The Morgan fingerprint density at radius 3 is 2.19 bits per heavy atom. The maximum absolute atomic E-state index is 12.6. The molecule has 4 rings (SSSR count). The van der Waals surface area contributed by atoms with Crippen molar-refractivity contribution in [2.45, 2.75) is 11.1 Å². The number of halogens is 1. The van der Waals surface area contributed by atoms with Crippen molar-refractivity contribution < 1.29 is 22.8 Å². The number of amides is 4. The van der Waals surface area contributed by atoms with Crippen molar-refractivity contribution in [1.82, 2.24) is 4.72 Å². The third-order valence-corrected chi connectivity index (χ3v) is 7.57. The van der Waals surface area contributed by atoms with Gasteiger partial charge in [-0.15, -0.1) is 11.3 Å². The molecular formula is C20H14ClN3O5S2. The van der Waals surface area contributed by atoms with Gasteiger partial charge >= 0.3 is 6.03 Å². The molecular weight excluding hydrogens is 462 g/mol. The average Bonchev–Trinajstić information content (AvgIpc) is 3.25. The molecule has 0 unspecified atom stereocenters. The van der Waals surface area contributed by atoms with Gasteiger partial charge in [0.1, 0.15) is 4.21 Å². The normalized spacial score (nSPS) is 13.3. The van der Waals surface area contributed by atoms with Gasteiger partial charge in [-0.05, 0) is 49.4 Å². The molecule has 1 aliphatic heterocycles. The van der Waals surface area contributed by atoms with Crippen LogP contribution in [-0.2, 0) is 10.0 Å². The predicted molar refractivity (Wildman–Crippen MR) is 117 cm³/mol. The number of sulfonamides is 1. The van der Waals surface area contributed by atoms with Crippen molar-refractivity contribution >= 4 is 62.2 Å². The van der Waals surface area contributed by atoms with Crippen molar-refractivity contribution in [2.75, 3.05) is 10.2 Å². The number of hydrogen-bond acceptors (Lipinski definition) is 6. The van der Waals surface area contributed by atoms with Crippen LogP contribution in [0.15, 0.2) is 58.8 Å². The summed E-state index contributed by atoms with van der Waals surface area (Å²) in [7, 11) is -4.01. The zero-order chi connectivity index (χ0) is 22.3. The predicted octanol–water partition coefficient (Wildman–Crippen LogP) is 4.02. The Morgan fingerprint density at radius 2 is 1.65 bits per heavy atom. The smallest absolute Gasteiger partial charge is 0.307 e. The number of nitrogens with one attached hydrogen (secondary N) is 2. The molecule has 0 bridgehead atoms. The number of fused-ring (bicyclic) bond motifs is 1. The van der Waals surface area contributed by atoms with Gasteiger partial charge in [0.2, 0.25) is 0 Å². The first-order chi connectivity index (χ1) is 14.7. The van der Waals surface area contributed by atoms with Crippen LogP contribution in [0.2, 0.25) is 5.02 Å². The van der Waals surface area contributed by atoms with Gasteiger partial charge in [0.15, 0.2) is 0 Å². The number of aryl methyl sites for hydroxylation is 1. The molecule has 31 heavy (non-hydrogen) atoms. The van der Waals surface area contributed by atoms with Crippen LogP contribution in [0.4, 0.5) is 16.2 Å². The van der Waals surface area contributed by atoms with Crippen LogP contribution < -0.4 is 14.9 Å². The van der Waals surface area contributed by atoms with Crippen molar-refractivity contribution in [2.24, 2.45) is 0 Å². The topological polar surface area (TPSA) is 113 Å². The van der Waals surface area contributed by atoms with E-state index in [0.717, 1.165) is 21.1 Å². The lowest BCUT2D eigenvalue weighted by molar-refractivity contribution is 0.0926. The fourth-order valence-electron chi connectivity index (χ4n) is 3.06. The van der Waals surface area contributed by atoms with E-state index < -0.39 is 27.9 Å². The van der Waals surface area contributed by atoms with Crippen LogP contribution in [-0.4, -0.2) is 26.3 Å². The van der Waals surface area contributed by atoms with Crippen molar-refractivity contribution in [3.8, 4) is 0 Å². The van der Waals surface area contributed by atoms with Crippen LogP contribution in [0, 0.1) is 6.92 Å². The van der Waals surface area contributed by atoms with E-state index in [0.29, 0.717) is 0 Å². The van der Waals surface area contributed by atoms with E-state index in [4.69, 9.17) is 11.6 Å². The van der Waals surface area contributed by atoms with E-state index in [1.807, 2.05) is 4.72 Å². The lowest BCUT2D eigenvalue weighted by Crippen LogP contribution is -2.34. The molecule has 0 radical (unpaired) electrons. The molecule has 2 N–H and O–H groups in total. The summed E-state index contributed by atoms with van der Waals surface area (Å²) in [6.07, 6.45) is 0. The Kier molecular flexibility index (Phi) is 5.29. The minimum Gasteiger partial charge on any atom is -0.307 e. The minimum absolute atomic E-state index is 0.0131. The van der Waals surface area contributed by atoms with Crippen LogP contribution in [0.3, 0.4) is 0 Å². The number of carbonyl (C=O) groups excluding carboxylic acids is 3. The molecule has 158 valence electrons. The van der Waals surface area contributed by atoms with Gasteiger partial charge in [0.05, 0.1) is 21.8 Å². The average molecular weight is 476 g/mol. The number of urea groups is 1. The standard InChI is InChI=1S/C20H14ClN3O5S2/c1-11-6-9-17(30-11)31(28,29)23-20(27)22-12-7-8-16(15(21)10-12)24-18(25)13-4-2-3-5-14(13)19(24)26/h2-10H,1H3,(H2,22,23,27). The van der Waals surface area contributed by atoms with Gasteiger partial charge in [-0.2, -0.15) is 0 Å². The summed E-state index contributed by atoms with van der Waals surface area (Å²) in [5, 5.41) is 2.41. The number of nitrogens with zero attached hydrogens (tertiary/aromatic N) is 1. The summed E-state index contributed by atoms with van der Waals surface area (Å²) in [6, 6.07) is 12.6. The van der Waals surface area contributed by atoms with E-state index in [1.54, 1.807) is 37.3 Å². The van der Waals surface area contributed by atoms with E-state index in [1.165, 1.54) is 24.3 Å². The van der Waals surface area contributed by atoms with Crippen LogP contribution in [0.25, 0.3) is 0 Å². The third-order valence-electron chi connectivity index (χ3n) is 4.45. The number of anilines is 2. The van der Waals surface area contributed by atoms with Crippen molar-refractivity contribution in [1.29, 1.82) is 0 Å². The number of hydrogen-bond donors (Lipinski definition) is 2. The third kappa shape index (κ3) is 3.92. The number of carbonyl (C=O) groups is 3. The van der Waals surface area contributed by atoms with E-state index in [2.05, 4.69) is 5.32 Å². The SMILES string of the molecule is Cc1ccc(S(=O)(=O)NC(=O)Nc2ccc(N3C(=O)c4ccccc4C3=O)c(Cl)c2)s1. The van der Waals surface area contributed by atoms with Gasteiger partial charge in [0, 0.05) is 10.6 Å². The fraction of sp³-hybridized carbons (Fsp3) is 0.0500. The van der Waals surface area contributed by atoms with Crippen LogP contribution in [0.1, 0.15) is 25.6 Å². The quantitative estimate of drug-likeness (QED) is 0.553. The molecule has 11 heteroatoms. The highest BCUT2D eigenvalue weighted by molar-refractivity contribution is 7.92. The Hall–Kier alpha value is -3.21. The first-order valence-corrected chi connectivity index (χ1v) is 11.5. The Balaban J connectivity index is 1.52. The first-order valence-electron chi connectivity index (χ1n) is 8.85. The summed E-state index contributed by atoms with van der Waals surface area (Å²) in [6.45, 7) is 1.75. The lowest BCUT2D eigenvalue weighted by Gasteiger charge is -2.16. The number of imide groups is 1. The molecule has 1 aliphatic rings. The molecule has 3 aromatic rings. The molecule has 0 saturated carbocycles. The molecule has 0 aliphatic carbocycles. The number of rotatable bonds is 4. The second-order valence-corrected chi connectivity index (χ2v) is 10.2. The molecule has 2 aromatic carbocycles. The molecule has 1 aromatic heterocycles. The Bertz CT molecular complexity index is 1320. The molecule has 8 nitrogen and oxygen atoms in total. The molecule has 0 saturated heterocycles. The highest BCUT2D eigenvalue weighted by Crippen LogP contribution is 2.34. The van der Waals surface area contributed by atoms with Crippen LogP contribution >= 0.6 is 22.9 Å². The minimum atomic E-state index is -4.01. The summed E-state index contributed by atoms with van der Waals surface area (Å²) in [5.74, 6) is -1.00. The number of benzene rings is 2. The second kappa shape index (κ2) is 7.80. The van der Waals surface area contributed by atoms with Crippen molar-refractivity contribution in [3.63, 3.8) is 0 Å². The van der Waals surface area contributed by atoms with Gasteiger partial charge in [-0.3, -0.25) is 9.59 Å². The van der Waals surface area contributed by atoms with Crippen molar-refractivity contribution in [3.05, 3.63) is 75.6 Å². The molecule has 4 amide bonds. The summed E-state index contributed by atoms with van der Waals surface area (Å²) in [4.78, 5) is 39.1. The number of thiophene rings is 1. The highest BCUT2D eigenvalue weighted by Gasteiger charge is 2.37. The van der Waals surface area contributed by atoms with E-state index in [9.17, 15) is 22.8 Å². The van der Waals surface area contributed by atoms with Gasteiger partial charge in [-0.25, -0.2) is 22.8 Å². The summed E-state index contributed by atoms with van der Waals surface area (Å²) in [5.41, 5.74) is 0.888. The Morgan fingerprint density at radius 1 is 1.00 bits per heavy atom. The van der Waals surface area contributed by atoms with Gasteiger partial charge < -0.3 is 5.32 Å². The maximum Gasteiger partial charge on any atom is 0.333 e. The van der Waals surface area contributed by atoms with Crippen LogP contribution in [0.5, 0.6) is 0 Å². The zero-order valence-corrected chi connectivity index (χ0v) is 18.3. The van der Waals surface area contributed by atoms with E-state index in [-0.39, 0.29) is 31.7 Å². The maximum atomic E-state index is 12.6. The molecule has 0 atom stereocenters. The van der Waals surface area contributed by atoms with Gasteiger partial charge in [0.25, 0.3) is 21.8 Å². The Labute approximate surface area is 186 Å². The second-order valence-electron chi connectivity index (χ2n) is 6.58. The zero-order valence-electron chi connectivity index (χ0n) is 15.9. The molecule has 2 heterocycles. The molecule has 0 spiro atoms. The van der Waals surface area contributed by atoms with E-state index >= 15 is 0 Å². The first kappa shape index (κ1) is 21.0. The monoisotopic (exact) mass is 475 g/mol. The lowest BCUT2D eigenvalue weighted by atomic mass is 10.1. The molecule has 0 fully saturated rings. The fourth-order valence-corrected chi connectivity index (χ4v) is 5.52. The summed E-state index contributed by atoms with van der Waals surface area (Å²) >= 11 is 7.30. The summed E-state index contributed by atoms with van der Waals surface area (Å²) < 4.78 is 26.4. The largest absolute Gasteiger partial charge is 0.333 e.